The van der Waals surface area contributed by atoms with Gasteiger partial charge in [0.1, 0.15) is 29.6 Å². The number of esters is 1. The summed E-state index contributed by atoms with van der Waals surface area (Å²) in [5.74, 6) is -0.810. The zero-order chi connectivity index (χ0) is 36.3. The smallest absolute Gasteiger partial charge is 0.302 e. The lowest BCUT2D eigenvalue weighted by Gasteiger charge is -2.43. The number of amides is 1. The molecule has 1 N–H and O–H groups in total. The Morgan fingerprint density at radius 1 is 1.04 bits per heavy atom. The van der Waals surface area contributed by atoms with Crippen LogP contribution in [0.15, 0.2) is 53.6 Å². The zero-order valence-corrected chi connectivity index (χ0v) is 30.1. The lowest BCUT2D eigenvalue weighted by molar-refractivity contribution is -0.142. The summed E-state index contributed by atoms with van der Waals surface area (Å²) >= 11 is 0. The number of fused-ring (bicyclic) bond motifs is 3. The number of nitrogens with one attached hydrogen (secondary N) is 1. The maximum atomic E-state index is 15.6. The molecule has 0 atom stereocenters. The van der Waals surface area contributed by atoms with Crippen molar-refractivity contribution in [3.8, 4) is 11.1 Å². The number of carbonyl (C=O) groups excluding carboxylic acids is 2. The molecule has 52 heavy (non-hydrogen) atoms. The van der Waals surface area contributed by atoms with Crippen molar-refractivity contribution in [1.29, 1.82) is 0 Å². The highest BCUT2D eigenvalue weighted by molar-refractivity contribution is 6.07. The number of hydrogen-bond acceptors (Lipinski definition) is 9. The molecule has 4 aliphatic rings. The fourth-order valence-electron chi connectivity index (χ4n) is 8.10. The molecule has 0 bridgehead atoms. The SMILES string of the molecule is CC(=O)OCc1c(-c2cc(Nc3ccc(N4CCN(C5COC5)CC4)cn3)c(=O)n(C)c2)cc(F)cc1N1CCn2c(cc3c2CC(C)(C)C3)C1=O. The maximum absolute atomic E-state index is 15.6. The van der Waals surface area contributed by atoms with E-state index >= 15 is 4.39 Å². The molecular weight excluding hydrogens is 665 g/mol. The summed E-state index contributed by atoms with van der Waals surface area (Å²) in [4.78, 5) is 50.5. The fourth-order valence-corrected chi connectivity index (χ4v) is 8.10. The average Bonchev–Trinajstić information content (AvgIpc) is 3.58. The van der Waals surface area contributed by atoms with Gasteiger partial charge in [-0.05, 0) is 65.8 Å². The molecular formula is C39H44FN7O5. The summed E-state index contributed by atoms with van der Waals surface area (Å²) in [6.07, 6.45) is 5.21. The number of rotatable bonds is 8. The highest BCUT2D eigenvalue weighted by Crippen LogP contribution is 2.41. The number of halogens is 1. The van der Waals surface area contributed by atoms with Gasteiger partial charge in [-0.15, -0.1) is 0 Å². The number of anilines is 4. The summed E-state index contributed by atoms with van der Waals surface area (Å²) in [5, 5.41) is 3.16. The highest BCUT2D eigenvalue weighted by Gasteiger charge is 2.37. The van der Waals surface area contributed by atoms with E-state index in [1.165, 1.54) is 34.9 Å². The molecule has 272 valence electrons. The third-order valence-electron chi connectivity index (χ3n) is 10.8. The van der Waals surface area contributed by atoms with E-state index in [9.17, 15) is 14.4 Å². The predicted molar refractivity (Wildman–Crippen MR) is 196 cm³/mol. The van der Waals surface area contributed by atoms with Crippen LogP contribution in [-0.4, -0.2) is 82.9 Å². The van der Waals surface area contributed by atoms with E-state index in [1.807, 2.05) is 18.2 Å². The topological polar surface area (TPSA) is 114 Å². The van der Waals surface area contributed by atoms with Gasteiger partial charge in [-0.1, -0.05) is 13.8 Å². The molecule has 4 aromatic rings. The summed E-state index contributed by atoms with van der Waals surface area (Å²) in [6.45, 7) is 11.8. The molecule has 0 unspecified atom stereocenters. The van der Waals surface area contributed by atoms with E-state index in [2.05, 4.69) is 38.5 Å². The Kier molecular flexibility index (Phi) is 8.65. The summed E-state index contributed by atoms with van der Waals surface area (Å²) in [7, 11) is 1.62. The van der Waals surface area contributed by atoms with Crippen LogP contribution in [0.5, 0.6) is 0 Å². The van der Waals surface area contributed by atoms with E-state index in [4.69, 9.17) is 9.47 Å². The molecule has 8 rings (SSSR count). The van der Waals surface area contributed by atoms with Gasteiger partial charge in [0.15, 0.2) is 0 Å². The molecule has 3 aliphatic heterocycles. The number of nitrogens with zero attached hydrogens (tertiary/aromatic N) is 6. The number of piperazine rings is 1. The van der Waals surface area contributed by atoms with Crippen LogP contribution in [0.2, 0.25) is 0 Å². The molecule has 2 saturated heterocycles. The Morgan fingerprint density at radius 2 is 1.83 bits per heavy atom. The van der Waals surface area contributed by atoms with Crippen LogP contribution in [0.1, 0.15) is 48.1 Å². The van der Waals surface area contributed by atoms with Gasteiger partial charge in [-0.25, -0.2) is 9.37 Å². The number of pyridine rings is 2. The quantitative estimate of drug-likeness (QED) is 0.264. The Hall–Kier alpha value is -5.01. The molecule has 0 saturated carbocycles. The Bertz CT molecular complexity index is 2110. The van der Waals surface area contributed by atoms with Crippen molar-refractivity contribution in [3.05, 3.63) is 87.5 Å². The number of ether oxygens (including phenoxy) is 2. The molecule has 2 fully saturated rings. The Balaban J connectivity index is 1.08. The maximum Gasteiger partial charge on any atom is 0.302 e. The monoisotopic (exact) mass is 709 g/mol. The first kappa shape index (κ1) is 34.1. The van der Waals surface area contributed by atoms with Crippen molar-refractivity contribution in [3.63, 3.8) is 0 Å². The normalized spacial score (nSPS) is 18.6. The van der Waals surface area contributed by atoms with Crippen molar-refractivity contribution in [1.82, 2.24) is 19.0 Å². The van der Waals surface area contributed by atoms with Crippen LogP contribution < -0.4 is 20.7 Å². The molecule has 1 aromatic carbocycles. The van der Waals surface area contributed by atoms with Crippen LogP contribution in [0, 0.1) is 11.2 Å². The Morgan fingerprint density at radius 3 is 2.52 bits per heavy atom. The lowest BCUT2D eigenvalue weighted by atomic mass is 9.90. The molecule has 13 heteroatoms. The number of benzene rings is 1. The third kappa shape index (κ3) is 6.36. The first-order chi connectivity index (χ1) is 24.9. The second kappa shape index (κ2) is 13.2. The second-order valence-electron chi connectivity index (χ2n) is 15.2. The lowest BCUT2D eigenvalue weighted by Crippen LogP contribution is -2.56. The largest absolute Gasteiger partial charge is 0.461 e. The predicted octanol–water partition coefficient (Wildman–Crippen LogP) is 4.50. The van der Waals surface area contributed by atoms with Gasteiger partial charge in [-0.2, -0.15) is 0 Å². The van der Waals surface area contributed by atoms with E-state index in [0.717, 1.165) is 57.9 Å². The minimum Gasteiger partial charge on any atom is -0.461 e. The van der Waals surface area contributed by atoms with Crippen LogP contribution in [-0.2, 0) is 47.3 Å². The van der Waals surface area contributed by atoms with Gasteiger partial charge in [-0.3, -0.25) is 19.3 Å². The highest BCUT2D eigenvalue weighted by atomic mass is 19.1. The van der Waals surface area contributed by atoms with E-state index in [1.54, 1.807) is 30.4 Å². The van der Waals surface area contributed by atoms with Gasteiger partial charge in [0.05, 0.1) is 36.8 Å². The summed E-state index contributed by atoms with van der Waals surface area (Å²) < 4.78 is 30.0. The van der Waals surface area contributed by atoms with E-state index in [-0.39, 0.29) is 29.2 Å². The van der Waals surface area contributed by atoms with Gasteiger partial charge < -0.3 is 33.7 Å². The van der Waals surface area contributed by atoms with E-state index < -0.39 is 11.8 Å². The van der Waals surface area contributed by atoms with Crippen molar-refractivity contribution in [2.45, 2.75) is 52.8 Å². The second-order valence-corrected chi connectivity index (χ2v) is 15.2. The Labute approximate surface area is 301 Å². The minimum atomic E-state index is -0.558. The van der Waals surface area contributed by atoms with Crippen LogP contribution >= 0.6 is 0 Å². The van der Waals surface area contributed by atoms with Crippen molar-refractivity contribution < 1.29 is 23.5 Å². The number of aryl methyl sites for hydroxylation is 1. The van der Waals surface area contributed by atoms with Gasteiger partial charge >= 0.3 is 5.97 Å². The molecule has 3 aromatic heterocycles. The molecule has 6 heterocycles. The van der Waals surface area contributed by atoms with Crippen molar-refractivity contribution in [2.24, 2.45) is 12.5 Å². The first-order valence-electron chi connectivity index (χ1n) is 17.9. The number of hydrogen-bond donors (Lipinski definition) is 1. The van der Waals surface area contributed by atoms with Crippen molar-refractivity contribution >= 4 is 34.8 Å². The zero-order valence-electron chi connectivity index (χ0n) is 30.1. The molecule has 0 spiro atoms. The van der Waals surface area contributed by atoms with Crippen LogP contribution in [0.4, 0.5) is 27.3 Å². The minimum absolute atomic E-state index is 0.145. The average molecular weight is 710 g/mol. The third-order valence-corrected chi connectivity index (χ3v) is 10.8. The van der Waals surface area contributed by atoms with E-state index in [0.29, 0.717) is 53.0 Å². The number of aromatic nitrogens is 3. The van der Waals surface area contributed by atoms with Gasteiger partial charge in [0.2, 0.25) is 0 Å². The van der Waals surface area contributed by atoms with Crippen LogP contribution in [0.3, 0.4) is 0 Å². The molecule has 1 aliphatic carbocycles. The van der Waals surface area contributed by atoms with Crippen molar-refractivity contribution in [2.75, 3.05) is 61.1 Å². The first-order valence-corrected chi connectivity index (χ1v) is 17.9. The van der Waals surface area contributed by atoms with Gasteiger partial charge in [0.25, 0.3) is 11.5 Å². The molecule has 0 radical (unpaired) electrons. The summed E-state index contributed by atoms with van der Waals surface area (Å²) in [5.41, 5.74) is 5.76. The van der Waals surface area contributed by atoms with Crippen LogP contribution in [0.25, 0.3) is 11.1 Å². The molecule has 1 amide bonds. The van der Waals surface area contributed by atoms with Gasteiger partial charge in [0, 0.05) is 76.3 Å². The molecule has 12 nitrogen and oxygen atoms in total. The fraction of sp³-hybridized carbons (Fsp3) is 0.436. The summed E-state index contributed by atoms with van der Waals surface area (Å²) in [6, 6.07) is 10.6. The standard InChI is InChI=1S/C39H44FN7O5/c1-24(48)52-23-31-30(15-27(40)16-33(31)47-12-11-46-34(38(47)50)14-25-17-39(2,3)18-35(25)46)26-13-32(37(49)43(4)20-26)42-36-6-5-28(19-41-36)44-7-9-45(10-8-44)29-21-51-22-29/h5-6,13-16,19-20,29H,7-12,17-18,21-23H2,1-4H3,(H,41,42). The number of carbonyl (C=O) groups is 2.